The zero-order valence-electron chi connectivity index (χ0n) is 11.1. The van der Waals surface area contributed by atoms with Crippen LogP contribution >= 0.6 is 12.2 Å². The lowest BCUT2D eigenvalue weighted by Gasteiger charge is -2.31. The van der Waals surface area contributed by atoms with Crippen LogP contribution < -0.4 is 16.4 Å². The highest BCUT2D eigenvalue weighted by molar-refractivity contribution is 7.80. The molecule has 20 heavy (non-hydrogen) atoms. The van der Waals surface area contributed by atoms with Gasteiger partial charge >= 0.3 is 0 Å². The summed E-state index contributed by atoms with van der Waals surface area (Å²) in [5.41, 5.74) is 11.7. The molecule has 0 spiro atoms. The number of nitrogens with two attached hydrogens (primary N) is 2. The Balaban J connectivity index is 2.44. The van der Waals surface area contributed by atoms with E-state index in [1.165, 1.54) is 6.07 Å². The monoisotopic (exact) mass is 295 g/mol. The van der Waals surface area contributed by atoms with Gasteiger partial charge in [0.15, 0.2) is 0 Å². The van der Waals surface area contributed by atoms with E-state index < -0.39 is 11.7 Å². The van der Waals surface area contributed by atoms with Crippen molar-refractivity contribution in [3.63, 3.8) is 0 Å². The van der Waals surface area contributed by atoms with Gasteiger partial charge in [-0.2, -0.15) is 0 Å². The molecule has 1 aromatic rings. The molecule has 0 aromatic heterocycles. The van der Waals surface area contributed by atoms with Crippen LogP contribution in [0.2, 0.25) is 0 Å². The number of carbonyl (C=O) groups is 1. The van der Waals surface area contributed by atoms with Crippen LogP contribution in [0.25, 0.3) is 0 Å². The number of amides is 1. The summed E-state index contributed by atoms with van der Waals surface area (Å²) in [5, 5.41) is 0. The molecule has 0 aliphatic heterocycles. The Labute approximate surface area is 122 Å². The van der Waals surface area contributed by atoms with Crippen molar-refractivity contribution in [1.29, 1.82) is 0 Å². The summed E-state index contributed by atoms with van der Waals surface area (Å²) in [6.07, 6.45) is 4.11. The number of hydrogen-bond donors (Lipinski definition) is 2. The third-order valence-corrected chi connectivity index (χ3v) is 3.84. The summed E-state index contributed by atoms with van der Waals surface area (Å²) in [6.45, 7) is 0.0454. The molecule has 0 radical (unpaired) electrons. The summed E-state index contributed by atoms with van der Waals surface area (Å²) < 4.78 is 14.0. The predicted octanol–water partition coefficient (Wildman–Crippen LogP) is 1.69. The predicted molar refractivity (Wildman–Crippen MR) is 81.1 cm³/mol. The summed E-state index contributed by atoms with van der Waals surface area (Å²) in [5.74, 6) is -0.919. The standard InChI is InChI=1S/C14H18FN3OS/c15-10-6-3-7-11(13(10)14(17)20)18(8-12(16)19)9-4-1-2-5-9/h3,6-7,9H,1-2,4-5,8H2,(H2,16,19)(H2,17,20). The molecule has 1 aliphatic carbocycles. The second kappa shape index (κ2) is 6.17. The molecule has 2 rings (SSSR count). The van der Waals surface area contributed by atoms with E-state index in [0.717, 1.165) is 25.7 Å². The topological polar surface area (TPSA) is 72.4 Å². The van der Waals surface area contributed by atoms with E-state index in [1.54, 1.807) is 12.1 Å². The van der Waals surface area contributed by atoms with Gasteiger partial charge in [-0.1, -0.05) is 31.1 Å². The van der Waals surface area contributed by atoms with E-state index in [0.29, 0.717) is 5.69 Å². The summed E-state index contributed by atoms with van der Waals surface area (Å²) in [7, 11) is 0. The maximum absolute atomic E-state index is 14.0. The fourth-order valence-electron chi connectivity index (χ4n) is 2.79. The molecule has 4 nitrogen and oxygen atoms in total. The average molecular weight is 295 g/mol. The second-order valence-electron chi connectivity index (χ2n) is 5.03. The molecular weight excluding hydrogens is 277 g/mol. The molecule has 0 bridgehead atoms. The maximum Gasteiger partial charge on any atom is 0.236 e. The zero-order chi connectivity index (χ0) is 14.7. The number of benzene rings is 1. The van der Waals surface area contributed by atoms with Crippen molar-refractivity contribution >= 4 is 28.8 Å². The first-order chi connectivity index (χ1) is 9.50. The number of hydrogen-bond acceptors (Lipinski definition) is 3. The summed E-state index contributed by atoms with van der Waals surface area (Å²) in [4.78, 5) is 13.2. The molecule has 6 heteroatoms. The normalized spacial score (nSPS) is 15.2. The largest absolute Gasteiger partial charge is 0.389 e. The van der Waals surface area contributed by atoms with Crippen molar-refractivity contribution in [2.75, 3.05) is 11.4 Å². The van der Waals surface area contributed by atoms with Gasteiger partial charge in [0.05, 0.1) is 17.8 Å². The number of primary amides is 1. The average Bonchev–Trinajstić information content (AvgIpc) is 2.88. The van der Waals surface area contributed by atoms with Gasteiger partial charge in [0.25, 0.3) is 0 Å². The highest BCUT2D eigenvalue weighted by Crippen LogP contribution is 2.31. The molecule has 1 saturated carbocycles. The van der Waals surface area contributed by atoms with E-state index in [4.69, 9.17) is 23.7 Å². The number of anilines is 1. The van der Waals surface area contributed by atoms with Crippen LogP contribution in [0.1, 0.15) is 31.2 Å². The summed E-state index contributed by atoms with van der Waals surface area (Å²) in [6, 6.07) is 4.82. The van der Waals surface area contributed by atoms with E-state index in [1.807, 2.05) is 4.90 Å². The van der Waals surface area contributed by atoms with Crippen LogP contribution in [0.15, 0.2) is 18.2 Å². The second-order valence-corrected chi connectivity index (χ2v) is 5.47. The van der Waals surface area contributed by atoms with E-state index in [-0.39, 0.29) is 23.1 Å². The Morgan fingerprint density at radius 3 is 2.55 bits per heavy atom. The van der Waals surface area contributed by atoms with Crippen LogP contribution in [0.5, 0.6) is 0 Å². The fraction of sp³-hybridized carbons (Fsp3) is 0.429. The molecule has 0 atom stereocenters. The molecule has 1 fully saturated rings. The van der Waals surface area contributed by atoms with Gasteiger partial charge in [0.2, 0.25) is 5.91 Å². The van der Waals surface area contributed by atoms with Crippen LogP contribution in [0, 0.1) is 5.82 Å². The van der Waals surface area contributed by atoms with Gasteiger partial charge in [-0.05, 0) is 25.0 Å². The molecule has 108 valence electrons. The Bertz CT molecular complexity index is 529. The van der Waals surface area contributed by atoms with Crippen molar-refractivity contribution in [3.8, 4) is 0 Å². The molecule has 1 aliphatic rings. The lowest BCUT2D eigenvalue weighted by molar-refractivity contribution is -0.116. The third-order valence-electron chi connectivity index (χ3n) is 3.64. The highest BCUT2D eigenvalue weighted by Gasteiger charge is 2.27. The molecular formula is C14H18FN3OS. The fourth-order valence-corrected chi connectivity index (χ4v) is 2.99. The van der Waals surface area contributed by atoms with Gasteiger partial charge in [-0.3, -0.25) is 4.79 Å². The lowest BCUT2D eigenvalue weighted by Crippen LogP contribution is -2.41. The van der Waals surface area contributed by atoms with Crippen LogP contribution in [0.4, 0.5) is 10.1 Å². The first kappa shape index (κ1) is 14.7. The van der Waals surface area contributed by atoms with Crippen LogP contribution in [-0.2, 0) is 4.79 Å². The lowest BCUT2D eigenvalue weighted by atomic mass is 10.1. The number of rotatable bonds is 5. The number of halogens is 1. The van der Waals surface area contributed by atoms with E-state index in [2.05, 4.69) is 0 Å². The SMILES string of the molecule is NC(=O)CN(c1cccc(F)c1C(N)=S)C1CCCC1. The van der Waals surface area contributed by atoms with Gasteiger partial charge in [-0.15, -0.1) is 0 Å². The molecule has 0 saturated heterocycles. The highest BCUT2D eigenvalue weighted by atomic mass is 32.1. The Morgan fingerprint density at radius 2 is 2.00 bits per heavy atom. The van der Waals surface area contributed by atoms with Crippen LogP contribution in [-0.4, -0.2) is 23.5 Å². The molecule has 1 aromatic carbocycles. The van der Waals surface area contributed by atoms with E-state index >= 15 is 0 Å². The Hall–Kier alpha value is -1.69. The van der Waals surface area contributed by atoms with E-state index in [9.17, 15) is 9.18 Å². The third kappa shape index (κ3) is 3.07. The first-order valence-corrected chi connectivity index (χ1v) is 7.04. The van der Waals surface area contributed by atoms with Crippen molar-refractivity contribution < 1.29 is 9.18 Å². The van der Waals surface area contributed by atoms with Gasteiger partial charge in [0.1, 0.15) is 10.8 Å². The first-order valence-electron chi connectivity index (χ1n) is 6.64. The zero-order valence-corrected chi connectivity index (χ0v) is 12.0. The number of thiocarbonyl (C=S) groups is 1. The van der Waals surface area contributed by atoms with Crippen molar-refractivity contribution in [1.82, 2.24) is 0 Å². The van der Waals surface area contributed by atoms with Gasteiger partial charge in [-0.25, -0.2) is 4.39 Å². The quantitative estimate of drug-likeness (QED) is 0.811. The van der Waals surface area contributed by atoms with Gasteiger partial charge < -0.3 is 16.4 Å². The minimum atomic E-state index is -0.470. The number of nitrogens with zero attached hydrogens (tertiary/aromatic N) is 1. The molecule has 0 heterocycles. The number of carbonyl (C=O) groups excluding carboxylic acids is 1. The minimum absolute atomic E-state index is 0.00873. The minimum Gasteiger partial charge on any atom is -0.389 e. The maximum atomic E-state index is 14.0. The van der Waals surface area contributed by atoms with Gasteiger partial charge in [0, 0.05) is 6.04 Å². The Morgan fingerprint density at radius 1 is 1.35 bits per heavy atom. The van der Waals surface area contributed by atoms with Crippen LogP contribution in [0.3, 0.4) is 0 Å². The smallest absolute Gasteiger partial charge is 0.236 e. The van der Waals surface area contributed by atoms with Crippen molar-refractivity contribution in [2.24, 2.45) is 11.5 Å². The van der Waals surface area contributed by atoms with Crippen molar-refractivity contribution in [2.45, 2.75) is 31.7 Å². The Kier molecular flexibility index (Phi) is 4.54. The van der Waals surface area contributed by atoms with Crippen molar-refractivity contribution in [3.05, 3.63) is 29.6 Å². The molecule has 0 unspecified atom stereocenters. The molecule has 1 amide bonds. The summed E-state index contributed by atoms with van der Waals surface area (Å²) >= 11 is 4.94. The molecule has 4 N–H and O–H groups in total.